The predicted molar refractivity (Wildman–Crippen MR) is 104 cm³/mol. The number of aryl methyl sites for hydroxylation is 1. The topological polar surface area (TPSA) is 41.1 Å². The third-order valence-electron chi connectivity index (χ3n) is 5.06. The third kappa shape index (κ3) is 4.81. The normalized spacial score (nSPS) is 15.2. The second-order valence-electron chi connectivity index (χ2n) is 7.03. The van der Waals surface area contributed by atoms with E-state index in [0.29, 0.717) is 17.6 Å². The molecule has 2 aromatic rings. The number of nitrogens with one attached hydrogen (secondary N) is 1. The Morgan fingerprint density at radius 3 is 2.63 bits per heavy atom. The Labute approximate surface area is 159 Å². The third-order valence-corrected chi connectivity index (χ3v) is 5.06. The first-order valence-corrected chi connectivity index (χ1v) is 9.38. The smallest absolute Gasteiger partial charge is 0.264 e. The minimum absolute atomic E-state index is 0.0495. The molecule has 3 heterocycles. The Hall–Kier alpha value is -2.50. The summed E-state index contributed by atoms with van der Waals surface area (Å²) >= 11 is 0. The molecule has 0 bridgehead atoms. The van der Waals surface area contributed by atoms with Crippen LogP contribution >= 0.6 is 0 Å². The monoisotopic (exact) mass is 372 g/mol. The van der Waals surface area contributed by atoms with Crippen LogP contribution in [0.25, 0.3) is 0 Å². The van der Waals surface area contributed by atoms with E-state index in [1.54, 1.807) is 0 Å². The van der Waals surface area contributed by atoms with E-state index in [1.807, 2.05) is 13.0 Å². The molecule has 1 fully saturated rings. The molecule has 0 spiro atoms. The van der Waals surface area contributed by atoms with E-state index in [1.165, 1.54) is 23.9 Å². The van der Waals surface area contributed by atoms with E-state index >= 15 is 0 Å². The largest absolute Gasteiger partial charge is 0.375 e. The highest BCUT2D eigenvalue weighted by Gasteiger charge is 2.21. The molecule has 0 radical (unpaired) electrons. The molecule has 0 amide bonds. The zero-order valence-corrected chi connectivity index (χ0v) is 15.9. The molecule has 1 aliphatic rings. The summed E-state index contributed by atoms with van der Waals surface area (Å²) in [6.07, 6.45) is 1.83. The van der Waals surface area contributed by atoms with Gasteiger partial charge in [-0.15, -0.1) is 0 Å². The number of allylic oxidation sites excluding steroid dienone is 1. The van der Waals surface area contributed by atoms with Crippen LogP contribution in [-0.2, 0) is 6.42 Å². The average molecular weight is 372 g/mol. The van der Waals surface area contributed by atoms with Gasteiger partial charge in [-0.25, -0.2) is 18.7 Å². The Morgan fingerprint density at radius 1 is 1.26 bits per heavy atom. The first kappa shape index (κ1) is 19.3. The zero-order valence-electron chi connectivity index (χ0n) is 15.9. The lowest BCUT2D eigenvalue weighted by atomic mass is 9.89. The lowest BCUT2D eigenvalue weighted by molar-refractivity contribution is 0.151. The fourth-order valence-corrected chi connectivity index (χ4v) is 3.47. The zero-order chi connectivity index (χ0) is 19.4. The first-order valence-electron chi connectivity index (χ1n) is 9.38. The lowest BCUT2D eigenvalue weighted by Gasteiger charge is -2.34. The molecule has 6 heteroatoms. The maximum atomic E-state index is 12.9. The van der Waals surface area contributed by atoms with Gasteiger partial charge in [0.1, 0.15) is 11.6 Å². The molecule has 0 saturated carbocycles. The maximum Gasteiger partial charge on any atom is 0.264 e. The average Bonchev–Trinajstić information content (AvgIpc) is 2.68. The van der Waals surface area contributed by atoms with Crippen molar-refractivity contribution in [2.24, 2.45) is 0 Å². The van der Waals surface area contributed by atoms with Crippen molar-refractivity contribution in [1.82, 2.24) is 14.9 Å². The molecule has 1 saturated heterocycles. The number of likely N-dealkylation sites (tertiary alicyclic amines) is 1. The van der Waals surface area contributed by atoms with Crippen LogP contribution in [0.5, 0.6) is 0 Å². The van der Waals surface area contributed by atoms with E-state index in [2.05, 4.69) is 39.8 Å². The Bertz CT molecular complexity index is 799. The summed E-state index contributed by atoms with van der Waals surface area (Å²) in [6, 6.07) is 6.88. The van der Waals surface area contributed by atoms with Crippen molar-refractivity contribution < 1.29 is 8.78 Å². The second kappa shape index (κ2) is 8.46. The maximum absolute atomic E-state index is 12.9. The summed E-state index contributed by atoms with van der Waals surface area (Å²) < 4.78 is 25.8. The highest BCUT2D eigenvalue weighted by Crippen LogP contribution is 2.31. The van der Waals surface area contributed by atoms with E-state index in [9.17, 15) is 8.78 Å². The summed E-state index contributed by atoms with van der Waals surface area (Å²) in [6.45, 7) is 10.1. The number of aromatic nitrogens is 2. The molecule has 144 valence electrons. The number of halogens is 2. The van der Waals surface area contributed by atoms with Crippen LogP contribution in [0, 0.1) is 0 Å². The number of piperidine rings is 1. The Balaban J connectivity index is 1.80. The number of anilines is 2. The van der Waals surface area contributed by atoms with Gasteiger partial charge in [0.15, 0.2) is 0 Å². The fourth-order valence-electron chi connectivity index (χ4n) is 3.47. The van der Waals surface area contributed by atoms with Gasteiger partial charge in [-0.1, -0.05) is 13.5 Å². The van der Waals surface area contributed by atoms with Crippen LogP contribution in [0.15, 0.2) is 42.7 Å². The van der Waals surface area contributed by atoms with Crippen molar-refractivity contribution >= 4 is 11.6 Å². The Morgan fingerprint density at radius 2 is 2.00 bits per heavy atom. The summed E-state index contributed by atoms with van der Waals surface area (Å²) in [4.78, 5) is 11.1. The van der Waals surface area contributed by atoms with Gasteiger partial charge in [-0.3, -0.25) is 0 Å². The number of nitrogens with zero attached hydrogens (tertiary/aromatic N) is 3. The van der Waals surface area contributed by atoms with Crippen LogP contribution in [0.2, 0.25) is 0 Å². The summed E-state index contributed by atoms with van der Waals surface area (Å²) in [7, 11) is 0. The van der Waals surface area contributed by atoms with Crippen LogP contribution < -0.4 is 5.32 Å². The molecule has 3 rings (SSSR count). The van der Waals surface area contributed by atoms with E-state index in [4.69, 9.17) is 0 Å². The van der Waals surface area contributed by atoms with Gasteiger partial charge in [0, 0.05) is 36.2 Å². The molecule has 0 unspecified atom stereocenters. The molecular formula is C21H26F2N4. The quantitative estimate of drug-likeness (QED) is 0.734. The lowest BCUT2D eigenvalue weighted by Crippen LogP contribution is -2.31. The van der Waals surface area contributed by atoms with E-state index < -0.39 is 6.43 Å². The van der Waals surface area contributed by atoms with Gasteiger partial charge in [0.05, 0.1) is 0 Å². The minimum Gasteiger partial charge on any atom is -0.375 e. The highest BCUT2D eigenvalue weighted by molar-refractivity contribution is 5.54. The highest BCUT2D eigenvalue weighted by atomic mass is 19.3. The van der Waals surface area contributed by atoms with Crippen molar-refractivity contribution in [3.63, 3.8) is 0 Å². The van der Waals surface area contributed by atoms with E-state index in [-0.39, 0.29) is 5.56 Å². The summed E-state index contributed by atoms with van der Waals surface area (Å²) in [5.41, 5.74) is 3.30. The number of rotatable bonds is 6. The second-order valence-corrected chi connectivity index (χ2v) is 7.03. The van der Waals surface area contributed by atoms with Gasteiger partial charge in [-0.2, -0.15) is 0 Å². The molecule has 0 atom stereocenters. The van der Waals surface area contributed by atoms with Crippen LogP contribution in [-0.4, -0.2) is 28.0 Å². The van der Waals surface area contributed by atoms with Crippen LogP contribution in [0.3, 0.4) is 0 Å². The van der Waals surface area contributed by atoms with Crippen LogP contribution in [0.4, 0.5) is 20.4 Å². The van der Waals surface area contributed by atoms with Crippen LogP contribution in [0.1, 0.15) is 55.9 Å². The van der Waals surface area contributed by atoms with Gasteiger partial charge < -0.3 is 10.2 Å². The Kier molecular flexibility index (Phi) is 6.04. The summed E-state index contributed by atoms with van der Waals surface area (Å²) in [5.74, 6) is 1.51. The van der Waals surface area contributed by atoms with Crippen molar-refractivity contribution in [2.75, 3.05) is 18.4 Å². The molecule has 1 aliphatic heterocycles. The number of alkyl halides is 2. The standard InChI is InChI=1S/C21H26F2N4/c1-4-18-11-17(15-6-9-27(10-7-15)14(2)3)13-20(25-18)26-19-12-16(21(22)23)5-8-24-19/h5,8,11-13,15,21H,2,4,6-7,9-10H2,1,3H3,(H,24,25,26). The molecular weight excluding hydrogens is 346 g/mol. The number of pyridine rings is 2. The summed E-state index contributed by atoms with van der Waals surface area (Å²) in [5, 5.41) is 3.10. The minimum atomic E-state index is -2.52. The van der Waals surface area contributed by atoms with Crippen molar-refractivity contribution in [3.05, 3.63) is 59.6 Å². The van der Waals surface area contributed by atoms with Gasteiger partial charge in [0.25, 0.3) is 6.43 Å². The molecule has 27 heavy (non-hydrogen) atoms. The van der Waals surface area contributed by atoms with Crippen molar-refractivity contribution in [3.8, 4) is 0 Å². The SMILES string of the molecule is C=C(C)N1CCC(c2cc(CC)nc(Nc3cc(C(F)F)ccn3)c2)CC1. The number of hydrogen-bond donors (Lipinski definition) is 1. The van der Waals surface area contributed by atoms with Crippen molar-refractivity contribution in [1.29, 1.82) is 0 Å². The molecule has 0 aliphatic carbocycles. The molecule has 1 N–H and O–H groups in total. The predicted octanol–water partition coefficient (Wildman–Crippen LogP) is 5.43. The molecule has 4 nitrogen and oxygen atoms in total. The van der Waals surface area contributed by atoms with E-state index in [0.717, 1.165) is 43.7 Å². The van der Waals surface area contributed by atoms with Gasteiger partial charge in [0.2, 0.25) is 0 Å². The molecule has 2 aromatic heterocycles. The fraction of sp³-hybridized carbons (Fsp3) is 0.429. The van der Waals surface area contributed by atoms with Gasteiger partial charge in [-0.05, 0) is 61.9 Å². The van der Waals surface area contributed by atoms with Crippen molar-refractivity contribution in [2.45, 2.75) is 45.5 Å². The van der Waals surface area contributed by atoms with Gasteiger partial charge >= 0.3 is 0 Å². The first-order chi connectivity index (χ1) is 13.0. The molecule has 0 aromatic carbocycles. The number of hydrogen-bond acceptors (Lipinski definition) is 4.